The first-order chi connectivity index (χ1) is 14.7. The van der Waals surface area contributed by atoms with E-state index in [1.165, 1.54) is 11.4 Å². The van der Waals surface area contributed by atoms with Gasteiger partial charge in [-0.3, -0.25) is 9.10 Å². The van der Waals surface area contributed by atoms with E-state index in [2.05, 4.69) is 33.2 Å². The molecule has 4 rings (SSSR count). The Bertz CT molecular complexity index is 1310. The summed E-state index contributed by atoms with van der Waals surface area (Å²) < 4.78 is 33.1. The summed E-state index contributed by atoms with van der Waals surface area (Å²) in [7, 11) is -0.396. The topological polar surface area (TPSA) is 91.7 Å². The molecular weight excluding hydrogens is 529 g/mol. The Hall–Kier alpha value is -2.37. The van der Waals surface area contributed by atoms with E-state index in [1.807, 2.05) is 36.4 Å². The minimum Gasteiger partial charge on any atom is -0.455 e. The third-order valence-corrected chi connectivity index (χ3v) is 7.27. The Balaban J connectivity index is 2.04. The van der Waals surface area contributed by atoms with E-state index in [0.29, 0.717) is 41.1 Å². The van der Waals surface area contributed by atoms with E-state index in [9.17, 15) is 13.2 Å². The molecule has 162 valence electrons. The first kappa shape index (κ1) is 21.8. The van der Waals surface area contributed by atoms with Gasteiger partial charge in [0.25, 0.3) is 5.91 Å². The SMILES string of the molecule is CNC(=O)c1c(-c2ccc(I)cc2)oc2cc(N(C)S(C)(=O)=O)c(C3=CCNC3)cc12. The molecule has 9 heteroatoms. The van der Waals surface area contributed by atoms with Gasteiger partial charge in [0.05, 0.1) is 17.5 Å². The van der Waals surface area contributed by atoms with Crippen LogP contribution in [0.3, 0.4) is 0 Å². The first-order valence-corrected chi connectivity index (χ1v) is 12.6. The van der Waals surface area contributed by atoms with Gasteiger partial charge in [0, 0.05) is 53.3 Å². The van der Waals surface area contributed by atoms with E-state index in [-0.39, 0.29) is 5.91 Å². The van der Waals surface area contributed by atoms with Crippen molar-refractivity contribution in [1.82, 2.24) is 10.6 Å². The molecule has 0 radical (unpaired) electrons. The van der Waals surface area contributed by atoms with Gasteiger partial charge in [0.15, 0.2) is 0 Å². The summed E-state index contributed by atoms with van der Waals surface area (Å²) in [6.45, 7) is 1.32. The standard InChI is InChI=1S/C22H22IN3O4S/c1-24-22(27)20-17-10-16(14-8-9-25-12-14)18(26(2)31(3,28)29)11-19(17)30-21(20)13-4-6-15(23)7-5-13/h4-8,10-11,25H,9,12H2,1-3H3,(H,24,27). The number of rotatable bonds is 5. The largest absolute Gasteiger partial charge is 0.455 e. The van der Waals surface area contributed by atoms with Crippen molar-refractivity contribution in [2.24, 2.45) is 0 Å². The van der Waals surface area contributed by atoms with Crippen LogP contribution in [0.15, 0.2) is 46.9 Å². The Kier molecular flexibility index (Phi) is 5.84. The molecule has 0 aliphatic carbocycles. The van der Waals surface area contributed by atoms with Crippen molar-refractivity contribution in [2.45, 2.75) is 0 Å². The summed E-state index contributed by atoms with van der Waals surface area (Å²) in [6.07, 6.45) is 3.19. The second-order valence-corrected chi connectivity index (χ2v) is 10.6. The molecule has 1 amide bonds. The minimum absolute atomic E-state index is 0.263. The highest BCUT2D eigenvalue weighted by atomic mass is 127. The average molecular weight is 551 g/mol. The molecule has 7 nitrogen and oxygen atoms in total. The van der Waals surface area contributed by atoms with Crippen LogP contribution in [-0.4, -0.2) is 47.8 Å². The number of nitrogens with one attached hydrogen (secondary N) is 2. The first-order valence-electron chi connectivity index (χ1n) is 9.63. The van der Waals surface area contributed by atoms with Crippen LogP contribution < -0.4 is 14.9 Å². The van der Waals surface area contributed by atoms with Crippen molar-refractivity contribution in [2.75, 3.05) is 37.7 Å². The molecule has 31 heavy (non-hydrogen) atoms. The Morgan fingerprint density at radius 2 is 1.94 bits per heavy atom. The normalized spacial score (nSPS) is 14.0. The Morgan fingerprint density at radius 1 is 1.23 bits per heavy atom. The number of hydrogen-bond donors (Lipinski definition) is 2. The molecule has 0 fully saturated rings. The molecule has 0 atom stereocenters. The number of nitrogens with zero attached hydrogens (tertiary/aromatic N) is 1. The van der Waals surface area contributed by atoms with E-state index in [0.717, 1.165) is 26.5 Å². The zero-order valence-corrected chi connectivity index (χ0v) is 20.3. The number of carbonyl (C=O) groups is 1. The second-order valence-electron chi connectivity index (χ2n) is 7.35. The predicted octanol–water partition coefficient (Wildman–Crippen LogP) is 3.45. The monoisotopic (exact) mass is 551 g/mol. The zero-order valence-electron chi connectivity index (χ0n) is 17.3. The molecule has 2 N–H and O–H groups in total. The number of benzene rings is 2. The zero-order chi connectivity index (χ0) is 22.3. The summed E-state index contributed by atoms with van der Waals surface area (Å²) in [6, 6.07) is 11.3. The summed E-state index contributed by atoms with van der Waals surface area (Å²) in [5, 5.41) is 6.58. The van der Waals surface area contributed by atoms with Gasteiger partial charge in [-0.2, -0.15) is 0 Å². The van der Waals surface area contributed by atoms with Gasteiger partial charge in [-0.05, 0) is 46.4 Å². The van der Waals surface area contributed by atoms with Gasteiger partial charge < -0.3 is 15.1 Å². The number of furan rings is 1. The van der Waals surface area contributed by atoms with Gasteiger partial charge in [-0.15, -0.1) is 0 Å². The summed E-state index contributed by atoms with van der Waals surface area (Å²) in [5.41, 5.74) is 3.90. The fourth-order valence-corrected chi connectivity index (χ4v) is 4.53. The van der Waals surface area contributed by atoms with Crippen LogP contribution in [0.5, 0.6) is 0 Å². The van der Waals surface area contributed by atoms with Crippen molar-refractivity contribution < 1.29 is 17.6 Å². The van der Waals surface area contributed by atoms with E-state index in [4.69, 9.17) is 4.42 Å². The van der Waals surface area contributed by atoms with E-state index < -0.39 is 10.0 Å². The van der Waals surface area contributed by atoms with E-state index >= 15 is 0 Å². The van der Waals surface area contributed by atoms with Crippen LogP contribution in [-0.2, 0) is 10.0 Å². The number of amides is 1. The third kappa shape index (κ3) is 4.09. The maximum absolute atomic E-state index is 12.9. The van der Waals surface area contributed by atoms with Crippen LogP contribution >= 0.6 is 22.6 Å². The molecular formula is C22H22IN3O4S. The van der Waals surface area contributed by atoms with Gasteiger partial charge in [0.1, 0.15) is 11.3 Å². The quantitative estimate of drug-likeness (QED) is 0.475. The maximum atomic E-state index is 12.9. The molecule has 0 bridgehead atoms. The molecule has 0 saturated carbocycles. The Labute approximate surface area is 194 Å². The number of anilines is 1. The van der Waals surface area contributed by atoms with E-state index in [1.54, 1.807) is 13.1 Å². The third-order valence-electron chi connectivity index (χ3n) is 5.36. The number of hydrogen-bond acceptors (Lipinski definition) is 5. The lowest BCUT2D eigenvalue weighted by atomic mass is 9.99. The fourth-order valence-electron chi connectivity index (χ4n) is 3.66. The van der Waals surface area contributed by atoms with Crippen molar-refractivity contribution in [1.29, 1.82) is 0 Å². The number of halogens is 1. The lowest BCUT2D eigenvalue weighted by molar-refractivity contribution is 0.0964. The smallest absolute Gasteiger partial charge is 0.255 e. The summed E-state index contributed by atoms with van der Waals surface area (Å²) in [5.74, 6) is 0.190. The molecule has 0 saturated heterocycles. The van der Waals surface area contributed by atoms with Crippen molar-refractivity contribution in [3.63, 3.8) is 0 Å². The minimum atomic E-state index is -3.49. The van der Waals surface area contributed by atoms with Crippen molar-refractivity contribution >= 4 is 60.8 Å². The molecule has 1 aromatic heterocycles. The van der Waals surface area contributed by atoms with Crippen LogP contribution in [0.2, 0.25) is 0 Å². The number of sulfonamides is 1. The van der Waals surface area contributed by atoms with Gasteiger partial charge in [0.2, 0.25) is 10.0 Å². The molecule has 2 aromatic carbocycles. The Morgan fingerprint density at radius 3 is 2.52 bits per heavy atom. The average Bonchev–Trinajstić information content (AvgIpc) is 3.39. The van der Waals surface area contributed by atoms with Crippen LogP contribution in [0.1, 0.15) is 15.9 Å². The van der Waals surface area contributed by atoms with Crippen molar-refractivity contribution in [3.05, 3.63) is 57.2 Å². The van der Waals surface area contributed by atoms with Gasteiger partial charge in [-0.25, -0.2) is 8.42 Å². The molecule has 2 heterocycles. The van der Waals surface area contributed by atoms with Crippen LogP contribution in [0.25, 0.3) is 27.9 Å². The van der Waals surface area contributed by atoms with Crippen LogP contribution in [0.4, 0.5) is 5.69 Å². The van der Waals surface area contributed by atoms with Crippen molar-refractivity contribution in [3.8, 4) is 11.3 Å². The highest BCUT2D eigenvalue weighted by Gasteiger charge is 2.26. The predicted molar refractivity (Wildman–Crippen MR) is 132 cm³/mol. The molecule has 3 aromatic rings. The second kappa shape index (κ2) is 8.29. The highest BCUT2D eigenvalue weighted by Crippen LogP contribution is 2.40. The van der Waals surface area contributed by atoms with Crippen LogP contribution in [0, 0.1) is 3.57 Å². The molecule has 1 aliphatic heterocycles. The molecule has 0 unspecified atom stereocenters. The lowest BCUT2D eigenvalue weighted by Crippen LogP contribution is -2.26. The number of carbonyl (C=O) groups excluding carboxylic acids is 1. The van der Waals surface area contributed by atoms with Gasteiger partial charge in [-0.1, -0.05) is 18.2 Å². The lowest BCUT2D eigenvalue weighted by Gasteiger charge is -2.21. The molecule has 0 spiro atoms. The number of fused-ring (bicyclic) bond motifs is 1. The van der Waals surface area contributed by atoms with Gasteiger partial charge >= 0.3 is 0 Å². The maximum Gasteiger partial charge on any atom is 0.255 e. The summed E-state index contributed by atoms with van der Waals surface area (Å²) in [4.78, 5) is 12.9. The summed E-state index contributed by atoms with van der Waals surface area (Å²) >= 11 is 2.22. The highest BCUT2D eigenvalue weighted by molar-refractivity contribution is 14.1. The molecule has 1 aliphatic rings. The fraction of sp³-hybridized carbons (Fsp3) is 0.227.